The van der Waals surface area contributed by atoms with Gasteiger partial charge in [-0.2, -0.15) is 0 Å². The van der Waals surface area contributed by atoms with E-state index in [9.17, 15) is 25.2 Å². The molecule has 0 amide bonds. The Morgan fingerprint density at radius 3 is 2.62 bits per heavy atom. The second-order valence-electron chi connectivity index (χ2n) is 6.71. The third-order valence-electron chi connectivity index (χ3n) is 4.73. The van der Waals surface area contributed by atoms with Crippen molar-refractivity contribution in [2.24, 2.45) is 0 Å². The molecule has 0 saturated carbocycles. The monoisotopic (exact) mass is 369 g/mol. The van der Waals surface area contributed by atoms with Gasteiger partial charge < -0.3 is 35.6 Å². The zero-order valence-electron chi connectivity index (χ0n) is 14.5. The van der Waals surface area contributed by atoms with Gasteiger partial charge in [-0.25, -0.2) is 0 Å². The van der Waals surface area contributed by atoms with Gasteiger partial charge in [-0.05, 0) is 25.0 Å². The molecule has 1 fully saturated rings. The summed E-state index contributed by atoms with van der Waals surface area (Å²) in [5.74, 6) is -0.910. The molecule has 5 atom stereocenters. The van der Waals surface area contributed by atoms with E-state index in [0.29, 0.717) is 12.8 Å². The van der Waals surface area contributed by atoms with Crippen molar-refractivity contribution in [1.82, 2.24) is 0 Å². The summed E-state index contributed by atoms with van der Waals surface area (Å²) in [5, 5.41) is 52.7. The van der Waals surface area contributed by atoms with Gasteiger partial charge in [0.2, 0.25) is 0 Å². The van der Waals surface area contributed by atoms with Gasteiger partial charge in [0.25, 0.3) is 0 Å². The number of carboxylic acid groups (broad SMARTS) is 1. The predicted molar refractivity (Wildman–Crippen MR) is 93.7 cm³/mol. The maximum atomic E-state index is 11.0. The average molecular weight is 369 g/mol. The molecule has 26 heavy (non-hydrogen) atoms. The van der Waals surface area contributed by atoms with Crippen LogP contribution in [0, 0.1) is 0 Å². The molecule has 1 aromatic carbocycles. The number of benzene rings is 1. The van der Waals surface area contributed by atoms with Crippen LogP contribution in [-0.2, 0) is 9.53 Å². The zero-order valence-corrected chi connectivity index (χ0v) is 14.5. The molecule has 1 heterocycles. The van der Waals surface area contributed by atoms with E-state index in [1.807, 2.05) is 30.3 Å². The van der Waals surface area contributed by atoms with Crippen molar-refractivity contribution < 1.29 is 35.1 Å². The van der Waals surface area contributed by atoms with E-state index < -0.39 is 36.5 Å². The van der Waals surface area contributed by atoms with Crippen LogP contribution in [0.1, 0.15) is 25.7 Å². The summed E-state index contributed by atoms with van der Waals surface area (Å²) in [6, 6.07) is 8.81. The van der Waals surface area contributed by atoms with E-state index in [1.54, 1.807) is 0 Å². The maximum absolute atomic E-state index is 11.0. The van der Waals surface area contributed by atoms with Gasteiger partial charge >= 0.3 is 5.97 Å². The Morgan fingerprint density at radius 1 is 1.31 bits per heavy atom. The van der Waals surface area contributed by atoms with E-state index in [0.717, 1.165) is 5.69 Å². The molecule has 146 valence electrons. The molecule has 0 spiro atoms. The van der Waals surface area contributed by atoms with Gasteiger partial charge in [-0.1, -0.05) is 18.2 Å². The van der Waals surface area contributed by atoms with Crippen molar-refractivity contribution in [2.45, 2.75) is 55.6 Å². The molecule has 0 bridgehead atoms. The van der Waals surface area contributed by atoms with Crippen LogP contribution in [0.5, 0.6) is 0 Å². The summed E-state index contributed by atoms with van der Waals surface area (Å²) >= 11 is 0. The first-order valence-corrected chi connectivity index (χ1v) is 8.71. The highest BCUT2D eigenvalue weighted by molar-refractivity contribution is 5.66. The number of para-hydroxylation sites is 1. The molecule has 8 nitrogen and oxygen atoms in total. The number of carboxylic acids is 1. The lowest BCUT2D eigenvalue weighted by Gasteiger charge is -2.46. The molecule has 1 unspecified atom stereocenters. The highest BCUT2D eigenvalue weighted by Gasteiger charge is 2.51. The van der Waals surface area contributed by atoms with Crippen LogP contribution < -0.4 is 5.32 Å². The minimum absolute atomic E-state index is 0.0174. The summed E-state index contributed by atoms with van der Waals surface area (Å²) in [7, 11) is 0. The van der Waals surface area contributed by atoms with Crippen molar-refractivity contribution in [3.05, 3.63) is 30.3 Å². The maximum Gasteiger partial charge on any atom is 0.303 e. The number of rotatable bonds is 9. The number of nitrogens with one attached hydrogen (secondary N) is 1. The number of aliphatic hydroxyl groups excluding tert-OH is 3. The molecule has 0 radical (unpaired) electrons. The first-order valence-electron chi connectivity index (χ1n) is 8.71. The lowest BCUT2D eigenvalue weighted by atomic mass is 9.79. The smallest absolute Gasteiger partial charge is 0.303 e. The van der Waals surface area contributed by atoms with Crippen molar-refractivity contribution in [3.63, 3.8) is 0 Å². The molecule has 0 aliphatic carbocycles. The fourth-order valence-corrected chi connectivity index (χ4v) is 3.33. The van der Waals surface area contributed by atoms with Crippen LogP contribution in [-0.4, -0.2) is 74.7 Å². The Kier molecular flexibility index (Phi) is 7.36. The normalized spacial score (nSPS) is 29.9. The van der Waals surface area contributed by atoms with E-state index in [-0.39, 0.29) is 25.5 Å². The fourth-order valence-electron chi connectivity index (χ4n) is 3.33. The third kappa shape index (κ3) is 5.15. The standard InChI is InChI=1S/C18H27NO7/c20-10-15-18(25,17(24)14(21)11-26-15)9-13(7-4-8-16(22)23)19-12-5-2-1-3-6-12/h1-3,5-6,13-15,17,19-21,24-25H,4,7-11H2,(H,22,23)/t13?,14-,15+,17+,18-/m0/s1. The van der Waals surface area contributed by atoms with Crippen molar-refractivity contribution >= 4 is 11.7 Å². The highest BCUT2D eigenvalue weighted by atomic mass is 16.5. The fraction of sp³-hybridized carbons (Fsp3) is 0.611. The Balaban J connectivity index is 2.15. The van der Waals surface area contributed by atoms with E-state index in [2.05, 4.69) is 5.32 Å². The van der Waals surface area contributed by atoms with Crippen LogP contribution >= 0.6 is 0 Å². The van der Waals surface area contributed by atoms with Gasteiger partial charge in [-0.15, -0.1) is 0 Å². The summed E-state index contributed by atoms with van der Waals surface area (Å²) in [6.07, 6.45) is -3.03. The zero-order chi connectivity index (χ0) is 19.2. The molecule has 1 aliphatic rings. The number of carbonyl (C=O) groups is 1. The Labute approximate surface area is 152 Å². The number of hydrogen-bond acceptors (Lipinski definition) is 7. The number of aliphatic carboxylic acids is 1. The van der Waals surface area contributed by atoms with E-state index >= 15 is 0 Å². The third-order valence-corrected chi connectivity index (χ3v) is 4.73. The number of aliphatic hydroxyl groups is 4. The minimum atomic E-state index is -1.86. The lowest BCUT2D eigenvalue weighted by molar-refractivity contribution is -0.252. The molecule has 1 aliphatic heterocycles. The van der Waals surface area contributed by atoms with Gasteiger partial charge in [-0.3, -0.25) is 4.79 Å². The van der Waals surface area contributed by atoms with Crippen LogP contribution in [0.3, 0.4) is 0 Å². The topological polar surface area (TPSA) is 139 Å². The summed E-state index contributed by atoms with van der Waals surface area (Å²) in [4.78, 5) is 10.8. The predicted octanol–water partition coefficient (Wildman–Crippen LogP) is -0.0439. The van der Waals surface area contributed by atoms with Crippen LogP contribution in [0.25, 0.3) is 0 Å². The molecule has 1 aromatic rings. The summed E-state index contributed by atoms with van der Waals surface area (Å²) in [6.45, 7) is -0.683. The van der Waals surface area contributed by atoms with E-state index in [1.165, 1.54) is 0 Å². The van der Waals surface area contributed by atoms with Gasteiger partial charge in [0.05, 0.1) is 13.2 Å². The number of ether oxygens (including phenoxy) is 1. The molecule has 1 saturated heterocycles. The minimum Gasteiger partial charge on any atom is -0.481 e. The highest BCUT2D eigenvalue weighted by Crippen LogP contribution is 2.32. The van der Waals surface area contributed by atoms with Gasteiger partial charge in [0.1, 0.15) is 23.9 Å². The molecular weight excluding hydrogens is 342 g/mol. The molecule has 0 aromatic heterocycles. The van der Waals surface area contributed by atoms with Crippen molar-refractivity contribution in [3.8, 4) is 0 Å². The van der Waals surface area contributed by atoms with Gasteiger partial charge in [0.15, 0.2) is 0 Å². The number of anilines is 1. The lowest BCUT2D eigenvalue weighted by Crippen LogP contribution is -2.65. The Morgan fingerprint density at radius 2 is 2.00 bits per heavy atom. The number of hydrogen-bond donors (Lipinski definition) is 6. The summed E-state index contributed by atoms with van der Waals surface area (Å²) < 4.78 is 5.29. The van der Waals surface area contributed by atoms with Gasteiger partial charge in [0, 0.05) is 24.6 Å². The van der Waals surface area contributed by atoms with Crippen molar-refractivity contribution in [1.29, 1.82) is 0 Å². The molecule has 8 heteroatoms. The largest absolute Gasteiger partial charge is 0.481 e. The second kappa shape index (κ2) is 9.29. The van der Waals surface area contributed by atoms with Crippen LogP contribution in [0.4, 0.5) is 5.69 Å². The quantitative estimate of drug-likeness (QED) is 0.356. The SMILES string of the molecule is O=C(O)CCCC(C[C@@]1(O)[C@H](O)[C@@H](O)CO[C@@H]1CO)Nc1ccccc1. The summed E-state index contributed by atoms with van der Waals surface area (Å²) in [5.41, 5.74) is -1.08. The molecular formula is C18H27NO7. The van der Waals surface area contributed by atoms with Crippen molar-refractivity contribution in [2.75, 3.05) is 18.5 Å². The Bertz CT molecular complexity index is 566. The molecule has 2 rings (SSSR count). The average Bonchev–Trinajstić information content (AvgIpc) is 2.60. The van der Waals surface area contributed by atoms with Crippen LogP contribution in [0.15, 0.2) is 30.3 Å². The van der Waals surface area contributed by atoms with Crippen LogP contribution in [0.2, 0.25) is 0 Å². The first-order chi connectivity index (χ1) is 12.4. The molecule has 6 N–H and O–H groups in total. The van der Waals surface area contributed by atoms with E-state index in [4.69, 9.17) is 9.84 Å². The Hall–Kier alpha value is -1.71. The second-order valence-corrected chi connectivity index (χ2v) is 6.71. The first kappa shape index (κ1) is 20.6.